The lowest BCUT2D eigenvalue weighted by Crippen LogP contribution is -2.08. The van der Waals surface area contributed by atoms with Gasteiger partial charge in [0.2, 0.25) is 0 Å². The van der Waals surface area contributed by atoms with Crippen molar-refractivity contribution in [2.24, 2.45) is 0 Å². The second-order valence-corrected chi connectivity index (χ2v) is 4.18. The number of hydrogen-bond donors (Lipinski definition) is 1. The minimum Gasteiger partial charge on any atom is -0.382 e. The Morgan fingerprint density at radius 3 is 2.68 bits per heavy atom. The lowest BCUT2D eigenvalue weighted by Gasteiger charge is -2.10. The standard InChI is InChI=1S/C12H15N5O2/c1-8-14-9(2)16(15-8)7-10-5-4-6-11(17(18)19)12(10)13-3/h4-6,13H,7H2,1-3H3. The Bertz CT molecular complexity index is 621. The molecule has 2 rings (SSSR count). The third-order valence-corrected chi connectivity index (χ3v) is 2.86. The van der Waals surface area contributed by atoms with Crippen molar-refractivity contribution in [1.29, 1.82) is 0 Å². The molecule has 7 heteroatoms. The van der Waals surface area contributed by atoms with Crippen LogP contribution >= 0.6 is 0 Å². The van der Waals surface area contributed by atoms with Gasteiger partial charge in [-0.2, -0.15) is 5.10 Å². The van der Waals surface area contributed by atoms with Crippen LogP contribution in [0.15, 0.2) is 18.2 Å². The van der Waals surface area contributed by atoms with E-state index in [4.69, 9.17) is 0 Å². The average Bonchev–Trinajstić information content (AvgIpc) is 2.67. The number of nitrogens with one attached hydrogen (secondary N) is 1. The van der Waals surface area contributed by atoms with Gasteiger partial charge in [-0.05, 0) is 13.8 Å². The lowest BCUT2D eigenvalue weighted by molar-refractivity contribution is -0.384. The summed E-state index contributed by atoms with van der Waals surface area (Å²) in [5.41, 5.74) is 1.39. The topological polar surface area (TPSA) is 85.9 Å². The number of para-hydroxylation sites is 1. The fourth-order valence-corrected chi connectivity index (χ4v) is 2.03. The van der Waals surface area contributed by atoms with Gasteiger partial charge in [0, 0.05) is 18.7 Å². The summed E-state index contributed by atoms with van der Waals surface area (Å²) in [5, 5.41) is 18.1. The quantitative estimate of drug-likeness (QED) is 0.671. The third kappa shape index (κ3) is 2.54. The SMILES string of the molecule is CNc1c(Cn2nc(C)nc2C)cccc1[N+](=O)[O-]. The van der Waals surface area contributed by atoms with Crippen LogP contribution in [-0.4, -0.2) is 26.7 Å². The highest BCUT2D eigenvalue weighted by Crippen LogP contribution is 2.28. The van der Waals surface area contributed by atoms with E-state index in [2.05, 4.69) is 15.4 Å². The van der Waals surface area contributed by atoms with Crippen molar-refractivity contribution < 1.29 is 4.92 Å². The molecule has 1 N–H and O–H groups in total. The maximum Gasteiger partial charge on any atom is 0.292 e. The Hall–Kier alpha value is -2.44. The molecule has 100 valence electrons. The van der Waals surface area contributed by atoms with Crippen molar-refractivity contribution in [3.8, 4) is 0 Å². The van der Waals surface area contributed by atoms with E-state index >= 15 is 0 Å². The van der Waals surface area contributed by atoms with Gasteiger partial charge in [-0.15, -0.1) is 0 Å². The Kier molecular flexibility index (Phi) is 3.46. The maximum atomic E-state index is 11.0. The van der Waals surface area contributed by atoms with E-state index in [1.807, 2.05) is 19.9 Å². The number of nitrogens with zero attached hydrogens (tertiary/aromatic N) is 4. The largest absolute Gasteiger partial charge is 0.382 e. The highest BCUT2D eigenvalue weighted by Gasteiger charge is 2.17. The molecular formula is C12H15N5O2. The normalized spacial score (nSPS) is 10.5. The Morgan fingerprint density at radius 1 is 1.42 bits per heavy atom. The van der Waals surface area contributed by atoms with Crippen molar-refractivity contribution in [3.05, 3.63) is 45.5 Å². The van der Waals surface area contributed by atoms with Crippen LogP contribution in [0, 0.1) is 24.0 Å². The van der Waals surface area contributed by atoms with Gasteiger partial charge < -0.3 is 5.32 Å². The average molecular weight is 261 g/mol. The van der Waals surface area contributed by atoms with Crippen LogP contribution in [0.2, 0.25) is 0 Å². The maximum absolute atomic E-state index is 11.0. The molecule has 0 aliphatic carbocycles. The number of hydrogen-bond acceptors (Lipinski definition) is 5. The summed E-state index contributed by atoms with van der Waals surface area (Å²) in [6.07, 6.45) is 0. The first-order chi connectivity index (χ1) is 9.02. The minimum atomic E-state index is -0.394. The number of benzene rings is 1. The van der Waals surface area contributed by atoms with Crippen LogP contribution in [0.3, 0.4) is 0 Å². The monoisotopic (exact) mass is 261 g/mol. The first-order valence-electron chi connectivity index (χ1n) is 5.85. The number of nitro groups is 1. The lowest BCUT2D eigenvalue weighted by atomic mass is 10.1. The zero-order valence-electron chi connectivity index (χ0n) is 11.0. The van der Waals surface area contributed by atoms with Gasteiger partial charge in [-0.25, -0.2) is 9.67 Å². The highest BCUT2D eigenvalue weighted by atomic mass is 16.6. The highest BCUT2D eigenvalue weighted by molar-refractivity contribution is 5.66. The van der Waals surface area contributed by atoms with E-state index in [-0.39, 0.29) is 5.69 Å². The van der Waals surface area contributed by atoms with E-state index < -0.39 is 4.92 Å². The van der Waals surface area contributed by atoms with Crippen LogP contribution in [0.1, 0.15) is 17.2 Å². The van der Waals surface area contributed by atoms with Crippen LogP contribution < -0.4 is 5.32 Å². The molecule has 0 atom stereocenters. The molecule has 0 aliphatic rings. The molecule has 1 aromatic heterocycles. The summed E-state index contributed by atoms with van der Waals surface area (Å²) < 4.78 is 1.73. The Morgan fingerprint density at radius 2 is 2.16 bits per heavy atom. The number of aromatic nitrogens is 3. The van der Waals surface area contributed by atoms with Crippen molar-refractivity contribution in [2.75, 3.05) is 12.4 Å². The Labute approximate surface area is 110 Å². The summed E-state index contributed by atoms with van der Waals surface area (Å²) in [7, 11) is 1.67. The predicted molar refractivity (Wildman–Crippen MR) is 71.2 cm³/mol. The second kappa shape index (κ2) is 5.05. The molecular weight excluding hydrogens is 246 g/mol. The molecule has 1 heterocycles. The van der Waals surface area contributed by atoms with Crippen molar-refractivity contribution in [2.45, 2.75) is 20.4 Å². The van der Waals surface area contributed by atoms with Gasteiger partial charge in [-0.1, -0.05) is 12.1 Å². The third-order valence-electron chi connectivity index (χ3n) is 2.86. The molecule has 0 bridgehead atoms. The van der Waals surface area contributed by atoms with Gasteiger partial charge in [0.1, 0.15) is 17.3 Å². The van der Waals surface area contributed by atoms with Crippen LogP contribution in [0.25, 0.3) is 0 Å². The molecule has 0 spiro atoms. The van der Waals surface area contributed by atoms with Gasteiger partial charge in [0.05, 0.1) is 11.5 Å². The van der Waals surface area contributed by atoms with Crippen LogP contribution in [0.4, 0.5) is 11.4 Å². The van der Waals surface area contributed by atoms with E-state index in [1.165, 1.54) is 6.07 Å². The molecule has 0 fully saturated rings. The second-order valence-electron chi connectivity index (χ2n) is 4.18. The van der Waals surface area contributed by atoms with Gasteiger partial charge >= 0.3 is 0 Å². The summed E-state index contributed by atoms with van der Waals surface area (Å²) in [6, 6.07) is 5.00. The number of anilines is 1. The molecule has 1 aromatic carbocycles. The Balaban J connectivity index is 2.43. The van der Waals surface area contributed by atoms with Crippen molar-refractivity contribution >= 4 is 11.4 Å². The smallest absolute Gasteiger partial charge is 0.292 e. The predicted octanol–water partition coefficient (Wildman–Crippen LogP) is 1.89. The fourth-order valence-electron chi connectivity index (χ4n) is 2.03. The molecule has 0 saturated heterocycles. The minimum absolute atomic E-state index is 0.0643. The van der Waals surface area contributed by atoms with Crippen molar-refractivity contribution in [1.82, 2.24) is 14.8 Å². The molecule has 0 unspecified atom stereocenters. The zero-order chi connectivity index (χ0) is 14.0. The first kappa shape index (κ1) is 13.0. The van der Waals surface area contributed by atoms with E-state index in [0.29, 0.717) is 18.1 Å². The fraction of sp³-hybridized carbons (Fsp3) is 0.333. The number of rotatable bonds is 4. The van der Waals surface area contributed by atoms with Crippen LogP contribution in [-0.2, 0) is 6.54 Å². The molecule has 19 heavy (non-hydrogen) atoms. The number of aryl methyl sites for hydroxylation is 2. The molecule has 2 aromatic rings. The first-order valence-corrected chi connectivity index (χ1v) is 5.85. The van der Waals surface area contributed by atoms with Crippen molar-refractivity contribution in [3.63, 3.8) is 0 Å². The van der Waals surface area contributed by atoms with Crippen LogP contribution in [0.5, 0.6) is 0 Å². The van der Waals surface area contributed by atoms with E-state index in [9.17, 15) is 10.1 Å². The molecule has 0 saturated carbocycles. The van der Waals surface area contributed by atoms with E-state index in [1.54, 1.807) is 17.8 Å². The molecule has 0 radical (unpaired) electrons. The molecule has 0 amide bonds. The summed E-state index contributed by atoms with van der Waals surface area (Å²) >= 11 is 0. The zero-order valence-corrected chi connectivity index (χ0v) is 11.0. The van der Waals surface area contributed by atoms with Gasteiger partial charge in [0.15, 0.2) is 0 Å². The summed E-state index contributed by atoms with van der Waals surface area (Å²) in [6.45, 7) is 4.12. The molecule has 0 aliphatic heterocycles. The van der Waals surface area contributed by atoms with Gasteiger partial charge in [-0.3, -0.25) is 10.1 Å². The van der Waals surface area contributed by atoms with Gasteiger partial charge in [0.25, 0.3) is 5.69 Å². The molecule has 7 nitrogen and oxygen atoms in total. The van der Waals surface area contributed by atoms with E-state index in [0.717, 1.165) is 11.4 Å². The number of nitro benzene ring substituents is 1. The summed E-state index contributed by atoms with van der Waals surface area (Å²) in [5.74, 6) is 1.47. The summed E-state index contributed by atoms with van der Waals surface area (Å²) in [4.78, 5) is 14.8.